The molecule has 4 atom stereocenters. The molecule has 0 N–H and O–H groups in total. The SMILES string of the molecule is COc1ccc(N2CCN(C(=O)CCCN3C(=O)[C@@H]4[C@H](C3=O)[C@H]3C=C[C@H]4C3)CC2)cc1. The number of carbonyl (C=O) groups excluding carboxylic acids is 3. The van der Waals surface area contributed by atoms with Crippen LogP contribution < -0.4 is 9.64 Å². The van der Waals surface area contributed by atoms with E-state index in [1.54, 1.807) is 7.11 Å². The van der Waals surface area contributed by atoms with Crippen molar-refractivity contribution in [2.24, 2.45) is 23.7 Å². The smallest absolute Gasteiger partial charge is 0.233 e. The number of nitrogens with zero attached hydrogens (tertiary/aromatic N) is 3. The molecule has 164 valence electrons. The minimum absolute atomic E-state index is 0.0209. The molecule has 0 spiro atoms. The van der Waals surface area contributed by atoms with Crippen LogP contribution in [0.15, 0.2) is 36.4 Å². The van der Waals surface area contributed by atoms with Crippen molar-refractivity contribution in [3.63, 3.8) is 0 Å². The summed E-state index contributed by atoms with van der Waals surface area (Å²) in [4.78, 5) is 43.7. The molecule has 2 aliphatic heterocycles. The maximum absolute atomic E-state index is 12.7. The van der Waals surface area contributed by atoms with Crippen LogP contribution >= 0.6 is 0 Å². The zero-order valence-corrected chi connectivity index (χ0v) is 17.9. The zero-order chi connectivity index (χ0) is 21.5. The fourth-order valence-corrected chi connectivity index (χ4v) is 5.74. The van der Waals surface area contributed by atoms with Crippen LogP contribution in [0.2, 0.25) is 0 Å². The molecule has 0 aromatic heterocycles. The maximum atomic E-state index is 12.7. The molecule has 2 heterocycles. The third kappa shape index (κ3) is 3.50. The summed E-state index contributed by atoms with van der Waals surface area (Å²) >= 11 is 0. The highest BCUT2D eigenvalue weighted by molar-refractivity contribution is 6.06. The van der Waals surface area contributed by atoms with E-state index in [4.69, 9.17) is 4.74 Å². The van der Waals surface area contributed by atoms with Gasteiger partial charge in [-0.25, -0.2) is 0 Å². The summed E-state index contributed by atoms with van der Waals surface area (Å²) in [5.74, 6) is 1.07. The monoisotopic (exact) mass is 423 g/mol. The van der Waals surface area contributed by atoms with Gasteiger partial charge in [0.25, 0.3) is 0 Å². The minimum atomic E-state index is -0.149. The minimum Gasteiger partial charge on any atom is -0.497 e. The van der Waals surface area contributed by atoms with Gasteiger partial charge in [0.05, 0.1) is 18.9 Å². The van der Waals surface area contributed by atoms with Crippen molar-refractivity contribution in [2.75, 3.05) is 44.7 Å². The summed E-state index contributed by atoms with van der Waals surface area (Å²) in [5, 5.41) is 0. The highest BCUT2D eigenvalue weighted by Gasteiger charge is 2.58. The molecular formula is C24H29N3O4. The van der Waals surface area contributed by atoms with Gasteiger partial charge in [-0.2, -0.15) is 0 Å². The number of amides is 3. The molecule has 2 saturated heterocycles. The Hall–Kier alpha value is -2.83. The molecule has 31 heavy (non-hydrogen) atoms. The second-order valence-electron chi connectivity index (χ2n) is 9.00. The summed E-state index contributed by atoms with van der Waals surface area (Å²) in [6.07, 6.45) is 6.07. The lowest BCUT2D eigenvalue weighted by atomic mass is 9.85. The normalized spacial score (nSPS) is 29.1. The van der Waals surface area contributed by atoms with Gasteiger partial charge in [0.2, 0.25) is 17.7 Å². The van der Waals surface area contributed by atoms with E-state index in [-0.39, 0.29) is 41.4 Å². The maximum Gasteiger partial charge on any atom is 0.233 e. The van der Waals surface area contributed by atoms with Crippen LogP contribution in [0.4, 0.5) is 5.69 Å². The van der Waals surface area contributed by atoms with E-state index < -0.39 is 0 Å². The Bertz CT molecular complexity index is 874. The van der Waals surface area contributed by atoms with Gasteiger partial charge in [0.1, 0.15) is 5.75 Å². The molecule has 7 heteroatoms. The number of fused-ring (bicyclic) bond motifs is 5. The van der Waals surface area contributed by atoms with Crippen LogP contribution in [-0.2, 0) is 14.4 Å². The lowest BCUT2D eigenvalue weighted by Crippen LogP contribution is -2.48. The fourth-order valence-electron chi connectivity index (χ4n) is 5.74. The molecule has 1 aromatic rings. The second kappa shape index (κ2) is 8.02. The van der Waals surface area contributed by atoms with Crippen molar-refractivity contribution in [1.82, 2.24) is 9.80 Å². The van der Waals surface area contributed by atoms with Crippen LogP contribution in [0.25, 0.3) is 0 Å². The number of rotatable bonds is 6. The number of piperazine rings is 1. The number of carbonyl (C=O) groups is 3. The molecule has 1 saturated carbocycles. The second-order valence-corrected chi connectivity index (χ2v) is 9.00. The van der Waals surface area contributed by atoms with E-state index in [1.165, 1.54) is 4.90 Å². The number of hydrogen-bond donors (Lipinski definition) is 0. The summed E-state index contributed by atoms with van der Waals surface area (Å²) in [5.41, 5.74) is 1.13. The van der Waals surface area contributed by atoms with E-state index in [1.807, 2.05) is 29.2 Å². The van der Waals surface area contributed by atoms with Crippen molar-refractivity contribution in [3.8, 4) is 5.75 Å². The van der Waals surface area contributed by atoms with Crippen molar-refractivity contribution in [1.29, 1.82) is 0 Å². The van der Waals surface area contributed by atoms with E-state index in [0.29, 0.717) is 32.5 Å². The molecule has 3 fully saturated rings. The number of likely N-dealkylation sites (tertiary alicyclic amines) is 1. The summed E-state index contributed by atoms with van der Waals surface area (Å²) in [6.45, 7) is 3.32. The van der Waals surface area contributed by atoms with Gasteiger partial charge in [-0.05, 0) is 48.9 Å². The first-order valence-electron chi connectivity index (χ1n) is 11.3. The molecule has 2 bridgehead atoms. The molecule has 7 nitrogen and oxygen atoms in total. The summed E-state index contributed by atoms with van der Waals surface area (Å²) in [7, 11) is 1.65. The van der Waals surface area contributed by atoms with E-state index >= 15 is 0 Å². The predicted molar refractivity (Wildman–Crippen MR) is 115 cm³/mol. The van der Waals surface area contributed by atoms with Crippen LogP contribution in [-0.4, -0.2) is 67.4 Å². The number of benzene rings is 1. The Kier molecular flexibility index (Phi) is 5.20. The number of ether oxygens (including phenoxy) is 1. The lowest BCUT2D eigenvalue weighted by Gasteiger charge is -2.36. The van der Waals surface area contributed by atoms with E-state index in [2.05, 4.69) is 17.1 Å². The average Bonchev–Trinajstić information content (AvgIpc) is 3.49. The standard InChI is InChI=1S/C24H29N3O4/c1-31-19-8-6-18(7-9-19)25-11-13-26(14-12-25)20(28)3-2-10-27-23(29)21-16-4-5-17(15-16)22(21)24(27)30/h4-9,16-17,21-22H,2-3,10-15H2,1H3/t16-,17-,21-,22+/m0/s1. The summed E-state index contributed by atoms with van der Waals surface area (Å²) < 4.78 is 5.21. The number of imide groups is 1. The average molecular weight is 424 g/mol. The Labute approximate surface area is 182 Å². The van der Waals surface area contributed by atoms with E-state index in [0.717, 1.165) is 30.9 Å². The van der Waals surface area contributed by atoms with Crippen molar-refractivity contribution >= 4 is 23.4 Å². The van der Waals surface area contributed by atoms with Gasteiger partial charge in [-0.1, -0.05) is 12.2 Å². The first kappa shape index (κ1) is 20.1. The van der Waals surface area contributed by atoms with Crippen molar-refractivity contribution < 1.29 is 19.1 Å². The largest absolute Gasteiger partial charge is 0.497 e. The van der Waals surface area contributed by atoms with Gasteiger partial charge >= 0.3 is 0 Å². The highest BCUT2D eigenvalue weighted by atomic mass is 16.5. The lowest BCUT2D eigenvalue weighted by molar-refractivity contribution is -0.141. The molecule has 3 amide bonds. The van der Waals surface area contributed by atoms with Crippen LogP contribution in [0.3, 0.4) is 0 Å². The van der Waals surface area contributed by atoms with Gasteiger partial charge < -0.3 is 14.5 Å². The zero-order valence-electron chi connectivity index (χ0n) is 17.9. The molecule has 2 aliphatic carbocycles. The fraction of sp³-hybridized carbons (Fsp3) is 0.542. The number of methoxy groups -OCH3 is 1. The molecule has 0 radical (unpaired) electrons. The van der Waals surface area contributed by atoms with Crippen LogP contribution in [0.1, 0.15) is 19.3 Å². The number of anilines is 1. The molecule has 1 aromatic carbocycles. The molecule has 5 rings (SSSR count). The van der Waals surface area contributed by atoms with Gasteiger partial charge in [0.15, 0.2) is 0 Å². The molecular weight excluding hydrogens is 394 g/mol. The van der Waals surface area contributed by atoms with Crippen molar-refractivity contribution in [3.05, 3.63) is 36.4 Å². The van der Waals surface area contributed by atoms with Gasteiger partial charge in [-0.3, -0.25) is 19.3 Å². The molecule has 0 unspecified atom stereocenters. The predicted octanol–water partition coefficient (Wildman–Crippen LogP) is 1.93. The van der Waals surface area contributed by atoms with Gasteiger partial charge in [-0.15, -0.1) is 0 Å². The Morgan fingerprint density at radius 3 is 2.16 bits per heavy atom. The third-order valence-corrected chi connectivity index (χ3v) is 7.40. The Balaban J connectivity index is 1.08. The summed E-state index contributed by atoms with van der Waals surface area (Å²) in [6, 6.07) is 7.97. The van der Waals surface area contributed by atoms with Crippen LogP contribution in [0, 0.1) is 23.7 Å². The van der Waals surface area contributed by atoms with Crippen LogP contribution in [0.5, 0.6) is 5.75 Å². The molecule has 4 aliphatic rings. The Morgan fingerprint density at radius 2 is 1.58 bits per heavy atom. The Morgan fingerprint density at radius 1 is 0.968 bits per heavy atom. The number of hydrogen-bond acceptors (Lipinski definition) is 5. The third-order valence-electron chi connectivity index (χ3n) is 7.40. The topological polar surface area (TPSA) is 70.2 Å². The first-order chi connectivity index (χ1) is 15.1. The van der Waals surface area contributed by atoms with E-state index in [9.17, 15) is 14.4 Å². The quantitative estimate of drug-likeness (QED) is 0.517. The number of allylic oxidation sites excluding steroid dienone is 2. The van der Waals surface area contributed by atoms with Crippen molar-refractivity contribution in [2.45, 2.75) is 19.3 Å². The first-order valence-corrected chi connectivity index (χ1v) is 11.3. The highest BCUT2D eigenvalue weighted by Crippen LogP contribution is 2.52. The van der Waals surface area contributed by atoms with Gasteiger partial charge in [0, 0.05) is 44.8 Å².